The predicted molar refractivity (Wildman–Crippen MR) is 90.1 cm³/mol. The topological polar surface area (TPSA) is 82.1 Å². The van der Waals surface area contributed by atoms with Gasteiger partial charge in [-0.15, -0.1) is 0 Å². The lowest BCUT2D eigenvalue weighted by molar-refractivity contribution is -0.157. The number of esters is 1. The van der Waals surface area contributed by atoms with Crippen molar-refractivity contribution in [3.8, 4) is 0 Å². The number of carbonyl (C=O) groups is 3. The zero-order valence-corrected chi connectivity index (χ0v) is 15.8. The Morgan fingerprint density at radius 2 is 1.96 bits per heavy atom. The van der Waals surface area contributed by atoms with E-state index in [9.17, 15) is 14.4 Å². The molecule has 2 aliphatic rings. The average Bonchev–Trinajstić information content (AvgIpc) is 2.62. The molecule has 0 radical (unpaired) electrons. The molecule has 0 aromatic carbocycles. The van der Waals surface area contributed by atoms with Crippen molar-refractivity contribution >= 4 is 17.8 Å². The molecular weight excluding hydrogens is 326 g/mol. The smallest absolute Gasteiger partial charge is 0.410 e. The third-order valence-corrected chi connectivity index (χ3v) is 4.63. The second-order valence-electron chi connectivity index (χ2n) is 7.73. The molecule has 0 bridgehead atoms. The van der Waals surface area contributed by atoms with Gasteiger partial charge in [-0.25, -0.2) is 4.79 Å². The second-order valence-corrected chi connectivity index (χ2v) is 7.73. The summed E-state index contributed by atoms with van der Waals surface area (Å²) in [7, 11) is 0. The SMILES string of the molecule is CCOC(=O)C1C(=O)[C@H](C)O[C@]12CCCN(C(=O)OC(C)(C)C)CC2. The van der Waals surface area contributed by atoms with E-state index < -0.39 is 29.2 Å². The molecule has 1 amide bonds. The number of nitrogens with zero attached hydrogens (tertiary/aromatic N) is 1. The summed E-state index contributed by atoms with van der Waals surface area (Å²) in [4.78, 5) is 38.8. The Morgan fingerprint density at radius 1 is 1.28 bits per heavy atom. The van der Waals surface area contributed by atoms with Crippen molar-refractivity contribution in [1.82, 2.24) is 4.90 Å². The monoisotopic (exact) mass is 355 g/mol. The van der Waals surface area contributed by atoms with Crippen molar-refractivity contribution in [3.63, 3.8) is 0 Å². The van der Waals surface area contributed by atoms with E-state index in [4.69, 9.17) is 14.2 Å². The molecule has 2 heterocycles. The van der Waals surface area contributed by atoms with Gasteiger partial charge < -0.3 is 19.1 Å². The highest BCUT2D eigenvalue weighted by molar-refractivity contribution is 6.04. The maximum Gasteiger partial charge on any atom is 0.410 e. The van der Waals surface area contributed by atoms with Crippen LogP contribution in [-0.2, 0) is 23.8 Å². The van der Waals surface area contributed by atoms with Crippen LogP contribution in [0.3, 0.4) is 0 Å². The number of hydrogen-bond acceptors (Lipinski definition) is 6. The van der Waals surface area contributed by atoms with Crippen LogP contribution in [0.5, 0.6) is 0 Å². The fourth-order valence-corrected chi connectivity index (χ4v) is 3.57. The number of rotatable bonds is 2. The first kappa shape index (κ1) is 19.7. The predicted octanol–water partition coefficient (Wildman–Crippen LogP) is 2.31. The first-order valence-corrected chi connectivity index (χ1v) is 8.96. The van der Waals surface area contributed by atoms with Crippen LogP contribution in [0.4, 0.5) is 4.79 Å². The van der Waals surface area contributed by atoms with Crippen molar-refractivity contribution in [2.24, 2.45) is 5.92 Å². The highest BCUT2D eigenvalue weighted by atomic mass is 16.6. The number of ketones is 1. The summed E-state index contributed by atoms with van der Waals surface area (Å²) in [6, 6.07) is 0. The Kier molecular flexibility index (Phi) is 5.76. The van der Waals surface area contributed by atoms with E-state index in [1.807, 2.05) is 20.8 Å². The van der Waals surface area contributed by atoms with Crippen LogP contribution in [0.2, 0.25) is 0 Å². The molecular formula is C18H29NO6. The van der Waals surface area contributed by atoms with E-state index in [1.54, 1.807) is 18.7 Å². The standard InChI is InChI=1S/C18H29NO6/c1-6-23-15(21)13-14(20)12(2)24-18(13)8-7-10-19(11-9-18)16(22)25-17(3,4)5/h12-13H,6-11H2,1-5H3/t12-,13?,18-/m0/s1. The van der Waals surface area contributed by atoms with Gasteiger partial charge in [0, 0.05) is 13.1 Å². The fraction of sp³-hybridized carbons (Fsp3) is 0.833. The van der Waals surface area contributed by atoms with Gasteiger partial charge in [0.05, 0.1) is 12.2 Å². The van der Waals surface area contributed by atoms with Crippen LogP contribution in [0, 0.1) is 5.92 Å². The summed E-state index contributed by atoms with van der Waals surface area (Å²) < 4.78 is 16.5. The third-order valence-electron chi connectivity index (χ3n) is 4.63. The van der Waals surface area contributed by atoms with Crippen LogP contribution in [-0.4, -0.2) is 59.7 Å². The molecule has 1 unspecified atom stereocenters. The Balaban J connectivity index is 2.15. The highest BCUT2D eigenvalue weighted by Gasteiger charge is 2.57. The summed E-state index contributed by atoms with van der Waals surface area (Å²) in [6.45, 7) is 9.95. The molecule has 0 aliphatic carbocycles. The van der Waals surface area contributed by atoms with Crippen molar-refractivity contribution in [2.45, 2.75) is 71.2 Å². The third kappa shape index (κ3) is 4.32. The number of ether oxygens (including phenoxy) is 3. The Hall–Kier alpha value is -1.63. The van der Waals surface area contributed by atoms with E-state index in [0.29, 0.717) is 32.4 Å². The molecule has 25 heavy (non-hydrogen) atoms. The van der Waals surface area contributed by atoms with Gasteiger partial charge in [-0.1, -0.05) is 0 Å². The van der Waals surface area contributed by atoms with Crippen molar-refractivity contribution < 1.29 is 28.6 Å². The zero-order chi connectivity index (χ0) is 18.8. The van der Waals surface area contributed by atoms with Gasteiger partial charge in [-0.2, -0.15) is 0 Å². The minimum Gasteiger partial charge on any atom is -0.465 e. The van der Waals surface area contributed by atoms with Crippen LogP contribution in [0.25, 0.3) is 0 Å². The Labute approximate surface area is 149 Å². The van der Waals surface area contributed by atoms with Crippen LogP contribution in [0.15, 0.2) is 0 Å². The summed E-state index contributed by atoms with van der Waals surface area (Å²) in [5.41, 5.74) is -1.46. The maximum absolute atomic E-state index is 12.5. The van der Waals surface area contributed by atoms with Gasteiger partial charge in [0.15, 0.2) is 5.78 Å². The maximum atomic E-state index is 12.5. The second kappa shape index (κ2) is 7.32. The van der Waals surface area contributed by atoms with Gasteiger partial charge >= 0.3 is 12.1 Å². The minimum atomic E-state index is -0.916. The van der Waals surface area contributed by atoms with Gasteiger partial charge in [0.2, 0.25) is 0 Å². The molecule has 2 saturated heterocycles. The largest absolute Gasteiger partial charge is 0.465 e. The number of Topliss-reactive ketones (excluding diaryl/α,β-unsaturated/α-hetero) is 1. The lowest BCUT2D eigenvalue weighted by atomic mass is 9.80. The molecule has 0 aromatic heterocycles. The summed E-state index contributed by atoms with van der Waals surface area (Å²) in [6.07, 6.45) is 0.560. The molecule has 0 N–H and O–H groups in total. The van der Waals surface area contributed by atoms with E-state index in [1.165, 1.54) is 0 Å². The van der Waals surface area contributed by atoms with Gasteiger partial charge in [0.25, 0.3) is 0 Å². The summed E-state index contributed by atoms with van der Waals surface area (Å²) in [5, 5.41) is 0. The number of hydrogen-bond donors (Lipinski definition) is 0. The number of amides is 1. The fourth-order valence-electron chi connectivity index (χ4n) is 3.57. The molecule has 0 saturated carbocycles. The molecule has 7 nitrogen and oxygen atoms in total. The molecule has 1 spiro atoms. The van der Waals surface area contributed by atoms with Gasteiger partial charge in [0.1, 0.15) is 17.6 Å². The van der Waals surface area contributed by atoms with E-state index >= 15 is 0 Å². The van der Waals surface area contributed by atoms with Crippen molar-refractivity contribution in [1.29, 1.82) is 0 Å². The first-order valence-electron chi connectivity index (χ1n) is 8.96. The quantitative estimate of drug-likeness (QED) is 0.558. The first-order chi connectivity index (χ1) is 11.6. The Bertz CT molecular complexity index is 540. The molecule has 7 heteroatoms. The molecule has 2 aliphatic heterocycles. The van der Waals surface area contributed by atoms with Crippen molar-refractivity contribution in [2.75, 3.05) is 19.7 Å². The van der Waals surface area contributed by atoms with E-state index in [0.717, 1.165) is 0 Å². The average molecular weight is 355 g/mol. The molecule has 0 aromatic rings. The number of likely N-dealkylation sites (tertiary alicyclic amines) is 1. The van der Waals surface area contributed by atoms with E-state index in [2.05, 4.69) is 0 Å². The lowest BCUT2D eigenvalue weighted by Gasteiger charge is -2.31. The van der Waals surface area contributed by atoms with Crippen molar-refractivity contribution in [3.05, 3.63) is 0 Å². The van der Waals surface area contributed by atoms with E-state index in [-0.39, 0.29) is 18.5 Å². The van der Waals surface area contributed by atoms with Gasteiger partial charge in [-0.3, -0.25) is 9.59 Å². The van der Waals surface area contributed by atoms with Crippen LogP contribution < -0.4 is 0 Å². The molecule has 142 valence electrons. The Morgan fingerprint density at radius 3 is 2.56 bits per heavy atom. The normalized spacial score (nSPS) is 30.3. The molecule has 2 rings (SSSR count). The summed E-state index contributed by atoms with van der Waals surface area (Å²) >= 11 is 0. The van der Waals surface area contributed by atoms with Crippen LogP contribution >= 0.6 is 0 Å². The minimum absolute atomic E-state index is 0.219. The molecule has 3 atom stereocenters. The lowest BCUT2D eigenvalue weighted by Crippen LogP contribution is -2.44. The zero-order valence-electron chi connectivity index (χ0n) is 15.8. The molecule has 2 fully saturated rings. The summed E-state index contributed by atoms with van der Waals surface area (Å²) in [5.74, 6) is -1.67. The number of carbonyl (C=O) groups excluding carboxylic acids is 3. The van der Waals surface area contributed by atoms with Gasteiger partial charge in [-0.05, 0) is 53.9 Å². The van der Waals surface area contributed by atoms with Crippen LogP contribution in [0.1, 0.15) is 53.9 Å². The highest BCUT2D eigenvalue weighted by Crippen LogP contribution is 2.42.